The van der Waals surface area contributed by atoms with Gasteiger partial charge >= 0.3 is 0 Å². The van der Waals surface area contributed by atoms with Crippen molar-refractivity contribution in [3.05, 3.63) is 35.4 Å². The quantitative estimate of drug-likeness (QED) is 0.683. The lowest BCUT2D eigenvalue weighted by molar-refractivity contribution is 0.294. The summed E-state index contributed by atoms with van der Waals surface area (Å²) in [4.78, 5) is 2.47. The van der Waals surface area contributed by atoms with Gasteiger partial charge in [0.15, 0.2) is 0 Å². The lowest BCUT2D eigenvalue weighted by Crippen LogP contribution is -2.24. The second kappa shape index (κ2) is 9.11. The topological polar surface area (TPSA) is 15.3 Å². The predicted molar refractivity (Wildman–Crippen MR) is 84.2 cm³/mol. The minimum Gasteiger partial charge on any atom is -0.313 e. The summed E-state index contributed by atoms with van der Waals surface area (Å²) in [5.74, 6) is 0.776. The Kier molecular flexibility index (Phi) is 7.76. The van der Waals surface area contributed by atoms with Crippen LogP contribution in [-0.4, -0.2) is 24.5 Å². The van der Waals surface area contributed by atoms with Crippen molar-refractivity contribution in [3.8, 4) is 0 Å². The van der Waals surface area contributed by atoms with Gasteiger partial charge in [-0.3, -0.25) is 4.90 Å². The van der Waals surface area contributed by atoms with Crippen molar-refractivity contribution in [3.63, 3.8) is 0 Å². The molecule has 0 unspecified atom stereocenters. The minimum atomic E-state index is 0.776. The van der Waals surface area contributed by atoms with E-state index in [0.29, 0.717) is 0 Å². The molecule has 0 atom stereocenters. The molecule has 0 amide bonds. The molecule has 0 radical (unpaired) electrons. The van der Waals surface area contributed by atoms with E-state index in [0.717, 1.165) is 38.6 Å². The molecule has 1 rings (SSSR count). The lowest BCUT2D eigenvalue weighted by atomic mass is 10.1. The Morgan fingerprint density at radius 2 is 1.68 bits per heavy atom. The highest BCUT2D eigenvalue weighted by molar-refractivity contribution is 5.26. The molecule has 0 aliphatic heterocycles. The fraction of sp³-hybridized carbons (Fsp3) is 0.647. The summed E-state index contributed by atoms with van der Waals surface area (Å²) >= 11 is 0. The summed E-state index contributed by atoms with van der Waals surface area (Å²) in [6, 6.07) is 8.81. The highest BCUT2D eigenvalue weighted by Crippen LogP contribution is 2.11. The van der Waals surface area contributed by atoms with E-state index in [2.05, 4.69) is 62.2 Å². The standard InChI is InChI=1S/C17H30N2/c1-5-19(6-2)14-17-10-8-7-9-16(17)13-18-12-11-15(3)4/h7-10,15,18H,5-6,11-14H2,1-4H3. The van der Waals surface area contributed by atoms with E-state index in [1.165, 1.54) is 17.5 Å². The molecule has 0 bridgehead atoms. The van der Waals surface area contributed by atoms with E-state index in [1.54, 1.807) is 0 Å². The van der Waals surface area contributed by atoms with Crippen molar-refractivity contribution in [2.75, 3.05) is 19.6 Å². The molecule has 2 nitrogen and oxygen atoms in total. The first-order valence-electron chi connectivity index (χ1n) is 7.67. The Labute approximate surface area is 119 Å². The van der Waals surface area contributed by atoms with Crippen molar-refractivity contribution in [2.24, 2.45) is 5.92 Å². The summed E-state index contributed by atoms with van der Waals surface area (Å²) in [6.07, 6.45) is 1.25. The minimum absolute atomic E-state index is 0.776. The summed E-state index contributed by atoms with van der Waals surface area (Å²) in [5, 5.41) is 3.56. The molecule has 19 heavy (non-hydrogen) atoms. The Morgan fingerprint density at radius 1 is 1.05 bits per heavy atom. The predicted octanol–water partition coefficient (Wildman–Crippen LogP) is 3.66. The third-order valence-electron chi connectivity index (χ3n) is 3.62. The Hall–Kier alpha value is -0.860. The second-order valence-electron chi connectivity index (χ2n) is 5.59. The molecule has 0 aliphatic carbocycles. The van der Waals surface area contributed by atoms with Crippen LogP contribution in [0.25, 0.3) is 0 Å². The van der Waals surface area contributed by atoms with Crippen molar-refractivity contribution in [2.45, 2.75) is 47.2 Å². The van der Waals surface area contributed by atoms with E-state index in [4.69, 9.17) is 0 Å². The first kappa shape index (κ1) is 16.2. The van der Waals surface area contributed by atoms with Gasteiger partial charge in [0, 0.05) is 13.1 Å². The molecule has 0 saturated carbocycles. The van der Waals surface area contributed by atoms with Crippen molar-refractivity contribution in [1.82, 2.24) is 10.2 Å². The smallest absolute Gasteiger partial charge is 0.0236 e. The third-order valence-corrected chi connectivity index (χ3v) is 3.62. The van der Waals surface area contributed by atoms with Gasteiger partial charge in [0.25, 0.3) is 0 Å². The van der Waals surface area contributed by atoms with Crippen LogP contribution in [0.3, 0.4) is 0 Å². The average molecular weight is 262 g/mol. The second-order valence-corrected chi connectivity index (χ2v) is 5.59. The van der Waals surface area contributed by atoms with Crippen LogP contribution in [0.2, 0.25) is 0 Å². The molecule has 0 heterocycles. The first-order chi connectivity index (χ1) is 9.17. The van der Waals surface area contributed by atoms with Crippen LogP contribution in [0.4, 0.5) is 0 Å². The van der Waals surface area contributed by atoms with E-state index in [9.17, 15) is 0 Å². The number of rotatable bonds is 9. The van der Waals surface area contributed by atoms with E-state index in [1.807, 2.05) is 0 Å². The van der Waals surface area contributed by atoms with Crippen LogP contribution < -0.4 is 5.32 Å². The third kappa shape index (κ3) is 6.22. The monoisotopic (exact) mass is 262 g/mol. The van der Waals surface area contributed by atoms with Crippen LogP contribution in [0.5, 0.6) is 0 Å². The molecule has 0 aliphatic rings. The zero-order valence-corrected chi connectivity index (χ0v) is 13.1. The highest BCUT2D eigenvalue weighted by atomic mass is 15.1. The molecule has 0 saturated heterocycles. The number of hydrogen-bond donors (Lipinski definition) is 1. The number of benzene rings is 1. The van der Waals surface area contributed by atoms with Gasteiger partial charge in [-0.25, -0.2) is 0 Å². The van der Waals surface area contributed by atoms with Crippen LogP contribution in [-0.2, 0) is 13.1 Å². The molecule has 0 fully saturated rings. The summed E-state index contributed by atoms with van der Waals surface area (Å²) in [6.45, 7) is 14.4. The molecule has 0 aromatic heterocycles. The van der Waals surface area contributed by atoms with Gasteiger partial charge in [-0.05, 0) is 43.1 Å². The number of nitrogens with zero attached hydrogens (tertiary/aromatic N) is 1. The van der Waals surface area contributed by atoms with Gasteiger partial charge in [-0.1, -0.05) is 52.0 Å². The molecular weight excluding hydrogens is 232 g/mol. The maximum Gasteiger partial charge on any atom is 0.0236 e. The van der Waals surface area contributed by atoms with Gasteiger partial charge in [0.2, 0.25) is 0 Å². The molecule has 0 spiro atoms. The van der Waals surface area contributed by atoms with Gasteiger partial charge in [0.1, 0.15) is 0 Å². The van der Waals surface area contributed by atoms with Crippen LogP contribution in [0.15, 0.2) is 24.3 Å². The maximum atomic E-state index is 3.56. The summed E-state index contributed by atoms with van der Waals surface area (Å²) < 4.78 is 0. The molecule has 1 aromatic rings. The Morgan fingerprint density at radius 3 is 2.26 bits per heavy atom. The van der Waals surface area contributed by atoms with Gasteiger partial charge in [-0.2, -0.15) is 0 Å². The number of hydrogen-bond acceptors (Lipinski definition) is 2. The molecule has 108 valence electrons. The van der Waals surface area contributed by atoms with Crippen molar-refractivity contribution >= 4 is 0 Å². The Bertz CT molecular complexity index is 343. The lowest BCUT2D eigenvalue weighted by Gasteiger charge is -2.20. The maximum absolute atomic E-state index is 3.56. The first-order valence-corrected chi connectivity index (χ1v) is 7.67. The average Bonchev–Trinajstić information content (AvgIpc) is 2.42. The Balaban J connectivity index is 2.52. The van der Waals surface area contributed by atoms with Crippen molar-refractivity contribution in [1.29, 1.82) is 0 Å². The van der Waals surface area contributed by atoms with Crippen LogP contribution in [0, 0.1) is 5.92 Å². The normalized spacial score (nSPS) is 11.5. The zero-order chi connectivity index (χ0) is 14.1. The number of nitrogens with one attached hydrogen (secondary N) is 1. The SMILES string of the molecule is CCN(CC)Cc1ccccc1CNCCC(C)C. The van der Waals surface area contributed by atoms with E-state index >= 15 is 0 Å². The highest BCUT2D eigenvalue weighted by Gasteiger charge is 2.05. The van der Waals surface area contributed by atoms with Gasteiger partial charge in [0.05, 0.1) is 0 Å². The zero-order valence-electron chi connectivity index (χ0n) is 13.1. The summed E-state index contributed by atoms with van der Waals surface area (Å²) in [5.41, 5.74) is 2.90. The molecule has 1 aromatic carbocycles. The van der Waals surface area contributed by atoms with Crippen LogP contribution in [0.1, 0.15) is 45.2 Å². The molecule has 2 heteroatoms. The molecule has 1 N–H and O–H groups in total. The van der Waals surface area contributed by atoms with E-state index < -0.39 is 0 Å². The fourth-order valence-corrected chi connectivity index (χ4v) is 2.19. The fourth-order valence-electron chi connectivity index (χ4n) is 2.19. The largest absolute Gasteiger partial charge is 0.313 e. The summed E-state index contributed by atoms with van der Waals surface area (Å²) in [7, 11) is 0. The van der Waals surface area contributed by atoms with Crippen LogP contribution >= 0.6 is 0 Å². The van der Waals surface area contributed by atoms with E-state index in [-0.39, 0.29) is 0 Å². The molecular formula is C17H30N2. The van der Waals surface area contributed by atoms with Gasteiger partial charge in [-0.15, -0.1) is 0 Å². The van der Waals surface area contributed by atoms with Gasteiger partial charge < -0.3 is 5.32 Å². The van der Waals surface area contributed by atoms with Crippen molar-refractivity contribution < 1.29 is 0 Å².